The Balaban J connectivity index is 4.05. The monoisotopic (exact) mass is 216 g/mol. The third-order valence-electron chi connectivity index (χ3n) is 1.88. The predicted octanol–water partition coefficient (Wildman–Crippen LogP) is 0.211. The lowest BCUT2D eigenvalue weighted by molar-refractivity contribution is -0.142. The fraction of sp³-hybridized carbons (Fsp3) is 0.800. The molecule has 15 heavy (non-hydrogen) atoms. The van der Waals surface area contributed by atoms with Crippen LogP contribution >= 0.6 is 0 Å². The van der Waals surface area contributed by atoms with E-state index in [1.54, 1.807) is 0 Å². The molecule has 0 radical (unpaired) electrons. The molecule has 0 saturated heterocycles. The molecule has 0 aliphatic heterocycles. The highest BCUT2D eigenvalue weighted by Gasteiger charge is 2.20. The summed E-state index contributed by atoms with van der Waals surface area (Å²) >= 11 is 0. The molecule has 0 saturated carbocycles. The summed E-state index contributed by atoms with van der Waals surface area (Å²) in [5, 5.41) is 14.2. The topological polar surface area (TPSA) is 78.4 Å². The number of rotatable bonds is 7. The molecule has 3 N–H and O–H groups in total. The number of hydrogen-bond donors (Lipinski definition) is 3. The first kappa shape index (κ1) is 13.9. The second kappa shape index (κ2) is 7.23. The minimum atomic E-state index is -0.978. The molecule has 0 spiro atoms. The van der Waals surface area contributed by atoms with Crippen LogP contribution in [-0.2, 0) is 9.59 Å². The summed E-state index contributed by atoms with van der Waals surface area (Å²) in [7, 11) is 0. The van der Waals surface area contributed by atoms with Gasteiger partial charge >= 0.3 is 5.97 Å². The van der Waals surface area contributed by atoms with Crippen LogP contribution in [0.25, 0.3) is 0 Å². The van der Waals surface area contributed by atoms with Crippen molar-refractivity contribution in [3.63, 3.8) is 0 Å². The maximum Gasteiger partial charge on any atom is 0.326 e. The van der Waals surface area contributed by atoms with Crippen LogP contribution in [0.2, 0.25) is 0 Å². The van der Waals surface area contributed by atoms with Gasteiger partial charge in [-0.1, -0.05) is 20.8 Å². The fourth-order valence-electron chi connectivity index (χ4n) is 1.18. The van der Waals surface area contributed by atoms with Crippen LogP contribution in [0, 0.1) is 5.92 Å². The van der Waals surface area contributed by atoms with E-state index in [4.69, 9.17) is 5.11 Å². The number of carbonyl (C=O) groups excluding carboxylic acids is 1. The van der Waals surface area contributed by atoms with Crippen molar-refractivity contribution in [2.45, 2.75) is 33.2 Å². The Morgan fingerprint density at radius 3 is 2.33 bits per heavy atom. The molecule has 0 heterocycles. The summed E-state index contributed by atoms with van der Waals surface area (Å²) in [6.07, 6.45) is 0.452. The number of aliphatic carboxylic acids is 1. The zero-order valence-electron chi connectivity index (χ0n) is 9.54. The maximum absolute atomic E-state index is 11.3. The van der Waals surface area contributed by atoms with Gasteiger partial charge in [0.1, 0.15) is 6.04 Å². The van der Waals surface area contributed by atoms with Gasteiger partial charge in [0.2, 0.25) is 5.91 Å². The SMILES string of the molecule is CCNCC(=O)N[C@@H](CC(C)C)C(=O)O. The number of hydrogen-bond acceptors (Lipinski definition) is 3. The average Bonchev–Trinajstić information content (AvgIpc) is 2.12. The Morgan fingerprint density at radius 1 is 1.33 bits per heavy atom. The minimum Gasteiger partial charge on any atom is -0.480 e. The lowest BCUT2D eigenvalue weighted by Gasteiger charge is -2.16. The van der Waals surface area contributed by atoms with Gasteiger partial charge < -0.3 is 15.7 Å². The molecule has 5 nitrogen and oxygen atoms in total. The normalized spacial score (nSPS) is 12.5. The molecule has 5 heteroatoms. The number of nitrogens with one attached hydrogen (secondary N) is 2. The number of amides is 1. The van der Waals surface area contributed by atoms with E-state index in [1.165, 1.54) is 0 Å². The van der Waals surface area contributed by atoms with Crippen LogP contribution in [0.15, 0.2) is 0 Å². The van der Waals surface area contributed by atoms with Crippen LogP contribution in [0.5, 0.6) is 0 Å². The standard InChI is InChI=1S/C10H20N2O3/c1-4-11-6-9(13)12-8(10(14)15)5-7(2)3/h7-8,11H,4-6H2,1-3H3,(H,12,13)(H,14,15)/t8-/m0/s1. The first-order chi connectivity index (χ1) is 6.97. The molecule has 0 unspecified atom stereocenters. The van der Waals surface area contributed by atoms with Crippen LogP contribution in [-0.4, -0.2) is 36.1 Å². The van der Waals surface area contributed by atoms with Gasteiger partial charge in [0.15, 0.2) is 0 Å². The van der Waals surface area contributed by atoms with Crippen molar-refractivity contribution < 1.29 is 14.7 Å². The van der Waals surface area contributed by atoms with Crippen molar-refractivity contribution in [2.75, 3.05) is 13.1 Å². The number of carboxylic acids is 1. The van der Waals surface area contributed by atoms with Gasteiger partial charge in [-0.3, -0.25) is 4.79 Å². The average molecular weight is 216 g/mol. The third-order valence-corrected chi connectivity index (χ3v) is 1.88. The second-order valence-electron chi connectivity index (χ2n) is 3.87. The van der Waals surface area contributed by atoms with Crippen LogP contribution in [0.3, 0.4) is 0 Å². The molecule has 0 aliphatic carbocycles. The minimum absolute atomic E-state index is 0.165. The van der Waals surface area contributed by atoms with Gasteiger partial charge in [-0.2, -0.15) is 0 Å². The van der Waals surface area contributed by atoms with Crippen LogP contribution in [0.4, 0.5) is 0 Å². The fourth-order valence-corrected chi connectivity index (χ4v) is 1.18. The van der Waals surface area contributed by atoms with Crippen molar-refractivity contribution in [3.05, 3.63) is 0 Å². The molecule has 0 fully saturated rings. The predicted molar refractivity (Wildman–Crippen MR) is 57.6 cm³/mol. The Kier molecular flexibility index (Phi) is 6.70. The lowest BCUT2D eigenvalue weighted by Crippen LogP contribution is -2.45. The van der Waals surface area contributed by atoms with Gasteiger partial charge in [-0.25, -0.2) is 4.79 Å². The van der Waals surface area contributed by atoms with Gasteiger partial charge in [0, 0.05) is 0 Å². The van der Waals surface area contributed by atoms with Crippen LogP contribution in [0.1, 0.15) is 27.2 Å². The summed E-state index contributed by atoms with van der Waals surface area (Å²) in [5.74, 6) is -1.01. The molecule has 0 bridgehead atoms. The highest BCUT2D eigenvalue weighted by molar-refractivity contribution is 5.84. The van der Waals surface area contributed by atoms with E-state index in [9.17, 15) is 9.59 Å². The van der Waals surface area contributed by atoms with Crippen LogP contribution < -0.4 is 10.6 Å². The van der Waals surface area contributed by atoms with Gasteiger partial charge in [-0.15, -0.1) is 0 Å². The molecule has 1 atom stereocenters. The lowest BCUT2D eigenvalue weighted by atomic mass is 10.0. The molecule has 1 amide bonds. The summed E-state index contributed by atoms with van der Waals surface area (Å²) in [4.78, 5) is 22.1. The molecular formula is C10H20N2O3. The Labute approximate surface area is 90.2 Å². The van der Waals surface area contributed by atoms with E-state index in [1.807, 2.05) is 20.8 Å². The molecule has 88 valence electrons. The van der Waals surface area contributed by atoms with Gasteiger partial charge in [0.25, 0.3) is 0 Å². The highest BCUT2D eigenvalue weighted by atomic mass is 16.4. The van der Waals surface area contributed by atoms with Crippen molar-refractivity contribution in [1.29, 1.82) is 0 Å². The quantitative estimate of drug-likeness (QED) is 0.568. The van der Waals surface area contributed by atoms with Crippen molar-refractivity contribution in [1.82, 2.24) is 10.6 Å². The number of carbonyl (C=O) groups is 2. The van der Waals surface area contributed by atoms with E-state index in [0.717, 1.165) is 0 Å². The van der Waals surface area contributed by atoms with Crippen molar-refractivity contribution in [3.8, 4) is 0 Å². The summed E-state index contributed by atoms with van der Waals surface area (Å²) in [6.45, 7) is 6.59. The third kappa shape index (κ3) is 6.90. The second-order valence-corrected chi connectivity index (χ2v) is 3.87. The Bertz CT molecular complexity index is 217. The van der Waals surface area contributed by atoms with Crippen molar-refractivity contribution in [2.24, 2.45) is 5.92 Å². The van der Waals surface area contributed by atoms with E-state index < -0.39 is 12.0 Å². The smallest absolute Gasteiger partial charge is 0.326 e. The van der Waals surface area contributed by atoms with E-state index in [0.29, 0.717) is 13.0 Å². The van der Waals surface area contributed by atoms with Crippen molar-refractivity contribution >= 4 is 11.9 Å². The number of carboxylic acid groups (broad SMARTS) is 1. The zero-order chi connectivity index (χ0) is 11.8. The molecular weight excluding hydrogens is 196 g/mol. The summed E-state index contributed by atoms with van der Waals surface area (Å²) < 4.78 is 0. The Morgan fingerprint density at radius 2 is 1.93 bits per heavy atom. The van der Waals surface area contributed by atoms with E-state index in [-0.39, 0.29) is 18.4 Å². The molecule has 0 rings (SSSR count). The molecule has 0 aromatic heterocycles. The van der Waals surface area contributed by atoms with Gasteiger partial charge in [-0.05, 0) is 18.9 Å². The Hall–Kier alpha value is -1.10. The van der Waals surface area contributed by atoms with E-state index in [2.05, 4.69) is 10.6 Å². The largest absolute Gasteiger partial charge is 0.480 e. The van der Waals surface area contributed by atoms with E-state index >= 15 is 0 Å². The molecule has 0 aromatic rings. The van der Waals surface area contributed by atoms with Gasteiger partial charge in [0.05, 0.1) is 6.54 Å². The maximum atomic E-state index is 11.3. The first-order valence-electron chi connectivity index (χ1n) is 5.20. The zero-order valence-corrected chi connectivity index (χ0v) is 9.54. The molecule has 0 aliphatic rings. The highest BCUT2D eigenvalue weighted by Crippen LogP contribution is 2.04. The summed E-state index contributed by atoms with van der Waals surface area (Å²) in [6, 6.07) is -0.781. The summed E-state index contributed by atoms with van der Waals surface area (Å²) in [5.41, 5.74) is 0. The number of likely N-dealkylation sites (N-methyl/N-ethyl adjacent to an activating group) is 1. The first-order valence-corrected chi connectivity index (χ1v) is 5.20. The molecule has 0 aromatic carbocycles.